The van der Waals surface area contributed by atoms with Crippen LogP contribution in [0.5, 0.6) is 0 Å². The van der Waals surface area contributed by atoms with Crippen LogP contribution in [0, 0.1) is 0 Å². The standard InChI is InChI=1S/C13H15N3OS/c17-13(16-10-2-1-5-18-7-10)9-3-4-11-12(6-9)15-8-14-11/h3-4,6,8,10H,1-2,5,7H2,(H,14,15)(H,16,17). The second kappa shape index (κ2) is 5.02. The molecule has 1 saturated heterocycles. The van der Waals surface area contributed by atoms with Crippen molar-refractivity contribution in [3.63, 3.8) is 0 Å². The highest BCUT2D eigenvalue weighted by molar-refractivity contribution is 7.99. The first kappa shape index (κ1) is 11.6. The third-order valence-electron chi connectivity index (χ3n) is 3.18. The molecule has 0 saturated carbocycles. The van der Waals surface area contributed by atoms with Crippen LogP contribution in [0.15, 0.2) is 24.5 Å². The number of rotatable bonds is 2. The molecule has 2 heterocycles. The maximum Gasteiger partial charge on any atom is 0.251 e. The molecule has 0 bridgehead atoms. The van der Waals surface area contributed by atoms with Gasteiger partial charge in [0.15, 0.2) is 0 Å². The average Bonchev–Trinajstić information content (AvgIpc) is 2.87. The van der Waals surface area contributed by atoms with Crippen molar-refractivity contribution >= 4 is 28.7 Å². The Labute approximate surface area is 110 Å². The summed E-state index contributed by atoms with van der Waals surface area (Å²) in [5, 5.41) is 3.10. The Kier molecular flexibility index (Phi) is 3.23. The van der Waals surface area contributed by atoms with Gasteiger partial charge >= 0.3 is 0 Å². The molecule has 1 atom stereocenters. The Morgan fingerprint density at radius 3 is 3.28 bits per heavy atom. The quantitative estimate of drug-likeness (QED) is 0.871. The first-order chi connectivity index (χ1) is 8.83. The summed E-state index contributed by atoms with van der Waals surface area (Å²) in [5.74, 6) is 2.25. The third-order valence-corrected chi connectivity index (χ3v) is 4.39. The Hall–Kier alpha value is -1.49. The number of hydrogen-bond acceptors (Lipinski definition) is 3. The van der Waals surface area contributed by atoms with Crippen molar-refractivity contribution in [2.45, 2.75) is 18.9 Å². The molecule has 3 rings (SSSR count). The molecule has 1 aliphatic heterocycles. The predicted octanol–water partition coefficient (Wildman–Crippen LogP) is 2.19. The van der Waals surface area contributed by atoms with Gasteiger partial charge in [0.1, 0.15) is 0 Å². The highest BCUT2D eigenvalue weighted by Gasteiger charge is 2.17. The second-order valence-electron chi connectivity index (χ2n) is 4.52. The number of aromatic nitrogens is 2. The molecule has 1 amide bonds. The first-order valence-corrected chi connectivity index (χ1v) is 7.30. The van der Waals surface area contributed by atoms with Crippen LogP contribution in [0.1, 0.15) is 23.2 Å². The molecule has 2 N–H and O–H groups in total. The van der Waals surface area contributed by atoms with E-state index in [2.05, 4.69) is 15.3 Å². The number of nitrogens with zero attached hydrogens (tertiary/aromatic N) is 1. The Bertz CT molecular complexity index is 560. The lowest BCUT2D eigenvalue weighted by atomic mass is 10.1. The lowest BCUT2D eigenvalue weighted by Gasteiger charge is -2.22. The summed E-state index contributed by atoms with van der Waals surface area (Å²) < 4.78 is 0. The summed E-state index contributed by atoms with van der Waals surface area (Å²) in [6, 6.07) is 5.87. The first-order valence-electron chi connectivity index (χ1n) is 6.15. The van der Waals surface area contributed by atoms with E-state index in [-0.39, 0.29) is 5.91 Å². The SMILES string of the molecule is O=C(NC1CCCSC1)c1ccc2nc[nH]c2c1. The number of carbonyl (C=O) groups excluding carboxylic acids is 1. The number of nitrogens with one attached hydrogen (secondary N) is 2. The van der Waals surface area contributed by atoms with E-state index < -0.39 is 0 Å². The number of aromatic amines is 1. The molecular weight excluding hydrogens is 246 g/mol. The van der Waals surface area contributed by atoms with E-state index in [1.165, 1.54) is 12.2 Å². The number of carbonyl (C=O) groups is 1. The van der Waals surface area contributed by atoms with Gasteiger partial charge in [0.25, 0.3) is 5.91 Å². The Morgan fingerprint density at radius 2 is 2.44 bits per heavy atom. The number of amides is 1. The van der Waals surface area contributed by atoms with E-state index in [1.54, 1.807) is 6.33 Å². The number of hydrogen-bond donors (Lipinski definition) is 2. The van der Waals surface area contributed by atoms with Crippen LogP contribution < -0.4 is 5.32 Å². The minimum atomic E-state index is 0.0130. The molecule has 5 heteroatoms. The highest BCUT2D eigenvalue weighted by Crippen LogP contribution is 2.18. The van der Waals surface area contributed by atoms with E-state index in [0.717, 1.165) is 23.2 Å². The van der Waals surface area contributed by atoms with Gasteiger partial charge in [0, 0.05) is 17.4 Å². The van der Waals surface area contributed by atoms with Crippen LogP contribution in [-0.2, 0) is 0 Å². The molecule has 1 unspecified atom stereocenters. The lowest BCUT2D eigenvalue weighted by molar-refractivity contribution is 0.0938. The fourth-order valence-electron chi connectivity index (χ4n) is 2.20. The summed E-state index contributed by atoms with van der Waals surface area (Å²) in [5.41, 5.74) is 2.49. The van der Waals surface area contributed by atoms with Crippen molar-refractivity contribution in [1.29, 1.82) is 0 Å². The minimum Gasteiger partial charge on any atom is -0.348 e. The van der Waals surface area contributed by atoms with E-state index in [4.69, 9.17) is 0 Å². The highest BCUT2D eigenvalue weighted by atomic mass is 32.2. The molecule has 1 aliphatic rings. The minimum absolute atomic E-state index is 0.0130. The summed E-state index contributed by atoms with van der Waals surface area (Å²) >= 11 is 1.91. The molecule has 2 aromatic rings. The van der Waals surface area contributed by atoms with Gasteiger partial charge in [-0.2, -0.15) is 11.8 Å². The van der Waals surface area contributed by atoms with E-state index in [9.17, 15) is 4.79 Å². The van der Waals surface area contributed by atoms with Gasteiger partial charge in [-0.05, 0) is 36.8 Å². The molecule has 0 aliphatic carbocycles. The van der Waals surface area contributed by atoms with Crippen LogP contribution in [0.2, 0.25) is 0 Å². The molecule has 94 valence electrons. The molecule has 4 nitrogen and oxygen atoms in total. The number of imidazole rings is 1. The maximum atomic E-state index is 12.1. The second-order valence-corrected chi connectivity index (χ2v) is 5.67. The zero-order valence-corrected chi connectivity index (χ0v) is 10.8. The monoisotopic (exact) mass is 261 g/mol. The van der Waals surface area contributed by atoms with Gasteiger partial charge in [-0.15, -0.1) is 0 Å². The van der Waals surface area contributed by atoms with Crippen LogP contribution in [0.25, 0.3) is 11.0 Å². The smallest absolute Gasteiger partial charge is 0.251 e. The van der Waals surface area contributed by atoms with Crippen LogP contribution >= 0.6 is 11.8 Å². The zero-order valence-electron chi connectivity index (χ0n) is 9.98. The van der Waals surface area contributed by atoms with Gasteiger partial charge in [-0.1, -0.05) is 0 Å². The molecule has 1 fully saturated rings. The molecule has 0 radical (unpaired) electrons. The summed E-state index contributed by atoms with van der Waals surface area (Å²) in [4.78, 5) is 19.3. The van der Waals surface area contributed by atoms with Crippen molar-refractivity contribution in [2.24, 2.45) is 0 Å². The summed E-state index contributed by atoms with van der Waals surface area (Å²) in [7, 11) is 0. The summed E-state index contributed by atoms with van der Waals surface area (Å²) in [6.07, 6.45) is 3.92. The van der Waals surface area contributed by atoms with Gasteiger partial charge in [-0.3, -0.25) is 4.79 Å². The van der Waals surface area contributed by atoms with Crippen molar-refractivity contribution in [3.8, 4) is 0 Å². The number of benzene rings is 1. The number of fused-ring (bicyclic) bond motifs is 1. The Balaban J connectivity index is 1.74. The average molecular weight is 261 g/mol. The fraction of sp³-hybridized carbons (Fsp3) is 0.385. The molecule has 1 aromatic carbocycles. The van der Waals surface area contributed by atoms with Crippen LogP contribution in [0.3, 0.4) is 0 Å². The topological polar surface area (TPSA) is 57.8 Å². The summed E-state index contributed by atoms with van der Waals surface area (Å²) in [6.45, 7) is 0. The maximum absolute atomic E-state index is 12.1. The van der Waals surface area contributed by atoms with E-state index >= 15 is 0 Å². The van der Waals surface area contributed by atoms with Gasteiger partial charge < -0.3 is 10.3 Å². The van der Waals surface area contributed by atoms with Crippen molar-refractivity contribution in [1.82, 2.24) is 15.3 Å². The van der Waals surface area contributed by atoms with Gasteiger partial charge in [0.05, 0.1) is 17.4 Å². The zero-order chi connectivity index (χ0) is 12.4. The normalized spacial score (nSPS) is 19.9. The molecule has 0 spiro atoms. The number of thioether (sulfide) groups is 1. The molecule has 1 aromatic heterocycles. The largest absolute Gasteiger partial charge is 0.348 e. The van der Waals surface area contributed by atoms with Crippen LogP contribution in [-0.4, -0.2) is 33.4 Å². The fourth-order valence-corrected chi connectivity index (χ4v) is 3.27. The van der Waals surface area contributed by atoms with Gasteiger partial charge in [-0.25, -0.2) is 4.98 Å². The lowest BCUT2D eigenvalue weighted by Crippen LogP contribution is -2.38. The van der Waals surface area contributed by atoms with Crippen molar-refractivity contribution in [3.05, 3.63) is 30.1 Å². The molecular formula is C13H15N3OS. The third kappa shape index (κ3) is 2.36. The van der Waals surface area contributed by atoms with Gasteiger partial charge in [0.2, 0.25) is 0 Å². The number of H-pyrrole nitrogens is 1. The molecule has 18 heavy (non-hydrogen) atoms. The van der Waals surface area contributed by atoms with E-state index in [1.807, 2.05) is 30.0 Å². The van der Waals surface area contributed by atoms with Crippen molar-refractivity contribution < 1.29 is 4.79 Å². The van der Waals surface area contributed by atoms with Crippen LogP contribution in [0.4, 0.5) is 0 Å². The van der Waals surface area contributed by atoms with E-state index in [0.29, 0.717) is 11.6 Å². The Morgan fingerprint density at radius 1 is 1.50 bits per heavy atom. The predicted molar refractivity (Wildman–Crippen MR) is 73.9 cm³/mol. The van der Waals surface area contributed by atoms with Crippen molar-refractivity contribution in [2.75, 3.05) is 11.5 Å².